The molecule has 0 radical (unpaired) electrons. The number of nitrogens with two attached hydrogens (primary N) is 1. The molecule has 1 saturated heterocycles. The summed E-state index contributed by atoms with van der Waals surface area (Å²) >= 11 is 0. The predicted octanol–water partition coefficient (Wildman–Crippen LogP) is 3.22. The number of carbonyl (C=O) groups excluding carboxylic acids is 1. The molecule has 6 nitrogen and oxygen atoms in total. The average molecular weight is 399 g/mol. The maximum Gasteiger partial charge on any atom is 0.271 e. The molecule has 2 N–H and O–H groups in total. The van der Waals surface area contributed by atoms with Crippen molar-refractivity contribution in [1.82, 2.24) is 9.88 Å². The van der Waals surface area contributed by atoms with Crippen molar-refractivity contribution in [3.05, 3.63) is 65.4 Å². The molecule has 2 aromatic carbocycles. The quantitative estimate of drug-likeness (QED) is 0.713. The van der Waals surface area contributed by atoms with E-state index >= 15 is 0 Å². The number of oxazole rings is 1. The molecule has 1 aromatic heterocycles. The first kappa shape index (κ1) is 19.2. The molecule has 0 atom stereocenters. The molecule has 0 bridgehead atoms. The molecule has 0 saturated carbocycles. The molecular formula is C21H19F2N3O3. The van der Waals surface area contributed by atoms with Crippen LogP contribution in [0.2, 0.25) is 0 Å². The van der Waals surface area contributed by atoms with Crippen molar-refractivity contribution in [1.29, 1.82) is 0 Å². The van der Waals surface area contributed by atoms with Crippen LogP contribution in [0.25, 0.3) is 22.8 Å². The summed E-state index contributed by atoms with van der Waals surface area (Å²) in [5, 5.41) is 0. The number of primary amides is 1. The van der Waals surface area contributed by atoms with E-state index in [0.717, 1.165) is 37.3 Å². The second kappa shape index (κ2) is 8.10. The summed E-state index contributed by atoms with van der Waals surface area (Å²) in [6.45, 7) is 3.94. The Morgan fingerprint density at radius 2 is 1.72 bits per heavy atom. The van der Waals surface area contributed by atoms with Crippen molar-refractivity contribution in [2.45, 2.75) is 6.54 Å². The number of aromatic nitrogens is 1. The molecular weight excluding hydrogens is 380 g/mol. The number of halogens is 2. The molecule has 0 unspecified atom stereocenters. The van der Waals surface area contributed by atoms with Crippen molar-refractivity contribution in [2.75, 3.05) is 26.3 Å². The maximum absolute atomic E-state index is 14.1. The highest BCUT2D eigenvalue weighted by molar-refractivity contribution is 5.97. The first-order valence-electron chi connectivity index (χ1n) is 9.17. The number of benzene rings is 2. The minimum atomic E-state index is -0.843. The molecule has 1 amide bonds. The van der Waals surface area contributed by atoms with E-state index in [1.807, 2.05) is 12.1 Å². The number of nitrogens with zero attached hydrogens (tertiary/aromatic N) is 2. The lowest BCUT2D eigenvalue weighted by atomic mass is 10.1. The zero-order valence-corrected chi connectivity index (χ0v) is 15.5. The topological polar surface area (TPSA) is 81.6 Å². The summed E-state index contributed by atoms with van der Waals surface area (Å²) in [5.74, 6) is -2.77. The number of hydrogen-bond donors (Lipinski definition) is 1. The lowest BCUT2D eigenvalue weighted by molar-refractivity contribution is 0.0342. The van der Waals surface area contributed by atoms with Crippen molar-refractivity contribution in [3.8, 4) is 22.8 Å². The number of ether oxygens (including phenoxy) is 1. The molecule has 1 fully saturated rings. The summed E-state index contributed by atoms with van der Waals surface area (Å²) in [6.07, 6.45) is 0. The standard InChI is InChI=1S/C21H19F2N3O3/c22-15-2-1-3-16(23)17(15)21-25-18(20(24)27)19(29-21)14-6-4-13(5-7-14)12-26-8-10-28-11-9-26/h1-7H,8-12H2,(H2,24,27). The van der Waals surface area contributed by atoms with Gasteiger partial charge in [0.05, 0.1) is 13.2 Å². The monoisotopic (exact) mass is 399 g/mol. The van der Waals surface area contributed by atoms with Gasteiger partial charge in [0, 0.05) is 25.2 Å². The number of rotatable bonds is 5. The van der Waals surface area contributed by atoms with Crippen LogP contribution in [0.5, 0.6) is 0 Å². The molecule has 150 valence electrons. The van der Waals surface area contributed by atoms with Gasteiger partial charge in [0.2, 0.25) is 5.89 Å². The smallest absolute Gasteiger partial charge is 0.271 e. The third kappa shape index (κ3) is 4.03. The van der Waals surface area contributed by atoms with E-state index in [1.165, 1.54) is 6.07 Å². The highest BCUT2D eigenvalue weighted by atomic mass is 19.1. The zero-order valence-electron chi connectivity index (χ0n) is 15.5. The van der Waals surface area contributed by atoms with Gasteiger partial charge in [0.25, 0.3) is 5.91 Å². The molecule has 1 aliphatic rings. The van der Waals surface area contributed by atoms with Crippen molar-refractivity contribution in [2.24, 2.45) is 5.73 Å². The average Bonchev–Trinajstić information content (AvgIpc) is 3.14. The van der Waals surface area contributed by atoms with Gasteiger partial charge >= 0.3 is 0 Å². The molecule has 0 spiro atoms. The van der Waals surface area contributed by atoms with Crippen LogP contribution in [0, 0.1) is 11.6 Å². The Labute approximate surface area is 165 Å². The maximum atomic E-state index is 14.1. The third-order valence-electron chi connectivity index (χ3n) is 4.76. The minimum Gasteiger partial charge on any atom is -0.435 e. The Bertz CT molecular complexity index is 1010. The summed E-state index contributed by atoms with van der Waals surface area (Å²) in [7, 11) is 0. The molecule has 4 rings (SSSR count). The minimum absolute atomic E-state index is 0.0769. The van der Waals surface area contributed by atoms with Gasteiger partial charge in [-0.1, -0.05) is 30.3 Å². The second-order valence-electron chi connectivity index (χ2n) is 6.74. The first-order chi connectivity index (χ1) is 14.0. The molecule has 2 heterocycles. The first-order valence-corrected chi connectivity index (χ1v) is 9.17. The Kier molecular flexibility index (Phi) is 5.37. The van der Waals surface area contributed by atoms with Gasteiger partial charge in [-0.15, -0.1) is 0 Å². The van der Waals surface area contributed by atoms with E-state index < -0.39 is 23.1 Å². The van der Waals surface area contributed by atoms with Gasteiger partial charge < -0.3 is 14.9 Å². The van der Waals surface area contributed by atoms with Crippen molar-refractivity contribution >= 4 is 5.91 Å². The highest BCUT2D eigenvalue weighted by Gasteiger charge is 2.24. The van der Waals surface area contributed by atoms with Crippen LogP contribution in [0.3, 0.4) is 0 Å². The normalized spacial score (nSPS) is 14.8. The SMILES string of the molecule is NC(=O)c1nc(-c2c(F)cccc2F)oc1-c1ccc(CN2CCOCC2)cc1. The number of amides is 1. The molecule has 29 heavy (non-hydrogen) atoms. The van der Waals surface area contributed by atoms with E-state index in [1.54, 1.807) is 12.1 Å². The van der Waals surface area contributed by atoms with Crippen LogP contribution < -0.4 is 5.73 Å². The van der Waals surface area contributed by atoms with E-state index in [9.17, 15) is 13.6 Å². The molecule has 1 aliphatic heterocycles. The van der Waals surface area contributed by atoms with Gasteiger partial charge in [-0.05, 0) is 17.7 Å². The molecule has 8 heteroatoms. The summed E-state index contributed by atoms with van der Waals surface area (Å²) in [5.41, 5.74) is 6.41. The Hall–Kier alpha value is -3.10. The Morgan fingerprint density at radius 1 is 1.07 bits per heavy atom. The third-order valence-corrected chi connectivity index (χ3v) is 4.76. The van der Waals surface area contributed by atoms with E-state index in [-0.39, 0.29) is 17.3 Å². The molecule has 0 aliphatic carbocycles. The van der Waals surface area contributed by atoms with Gasteiger partial charge in [-0.3, -0.25) is 9.69 Å². The summed E-state index contributed by atoms with van der Waals surface area (Å²) in [6, 6.07) is 10.8. The van der Waals surface area contributed by atoms with Crippen molar-refractivity contribution in [3.63, 3.8) is 0 Å². The summed E-state index contributed by atoms with van der Waals surface area (Å²) in [4.78, 5) is 18.1. The fourth-order valence-electron chi connectivity index (χ4n) is 3.27. The van der Waals surface area contributed by atoms with Crippen LogP contribution in [-0.4, -0.2) is 42.1 Å². The largest absolute Gasteiger partial charge is 0.435 e. The molecule has 3 aromatic rings. The van der Waals surface area contributed by atoms with Gasteiger partial charge in [-0.25, -0.2) is 13.8 Å². The van der Waals surface area contributed by atoms with Crippen LogP contribution in [0.1, 0.15) is 16.1 Å². The predicted molar refractivity (Wildman–Crippen MR) is 102 cm³/mol. The number of morpholine rings is 1. The number of carbonyl (C=O) groups is 1. The van der Waals surface area contributed by atoms with Crippen molar-refractivity contribution < 1.29 is 22.7 Å². The Balaban J connectivity index is 1.65. The van der Waals surface area contributed by atoms with Crippen LogP contribution in [-0.2, 0) is 11.3 Å². The van der Waals surface area contributed by atoms with Gasteiger partial charge in [0.15, 0.2) is 11.5 Å². The lowest BCUT2D eigenvalue weighted by Crippen LogP contribution is -2.35. The van der Waals surface area contributed by atoms with Gasteiger partial charge in [0.1, 0.15) is 17.2 Å². The highest BCUT2D eigenvalue weighted by Crippen LogP contribution is 2.32. The zero-order chi connectivity index (χ0) is 20.4. The van der Waals surface area contributed by atoms with Crippen LogP contribution >= 0.6 is 0 Å². The lowest BCUT2D eigenvalue weighted by Gasteiger charge is -2.26. The van der Waals surface area contributed by atoms with E-state index in [0.29, 0.717) is 18.8 Å². The van der Waals surface area contributed by atoms with Crippen LogP contribution in [0.4, 0.5) is 8.78 Å². The van der Waals surface area contributed by atoms with E-state index in [2.05, 4.69) is 9.88 Å². The van der Waals surface area contributed by atoms with Gasteiger partial charge in [-0.2, -0.15) is 0 Å². The fourth-order valence-corrected chi connectivity index (χ4v) is 3.27. The fraction of sp³-hybridized carbons (Fsp3) is 0.238. The number of hydrogen-bond acceptors (Lipinski definition) is 5. The second-order valence-corrected chi connectivity index (χ2v) is 6.74. The Morgan fingerprint density at radius 3 is 2.34 bits per heavy atom. The summed E-state index contributed by atoms with van der Waals surface area (Å²) < 4.78 is 39.1. The van der Waals surface area contributed by atoms with Crippen LogP contribution in [0.15, 0.2) is 46.9 Å². The van der Waals surface area contributed by atoms with E-state index in [4.69, 9.17) is 14.9 Å².